The minimum Gasteiger partial charge on any atom is -0.247 e. The summed E-state index contributed by atoms with van der Waals surface area (Å²) in [7, 11) is 0. The number of para-hydroxylation sites is 1. The first-order chi connectivity index (χ1) is 27.8. The summed E-state index contributed by atoms with van der Waals surface area (Å²) >= 11 is 0. The molecule has 2 aromatic heterocycles. The maximum absolute atomic E-state index is 5.34. The Kier molecular flexibility index (Phi) is 7.46. The predicted molar refractivity (Wildman–Crippen MR) is 232 cm³/mol. The van der Waals surface area contributed by atoms with E-state index in [1.54, 1.807) is 0 Å². The van der Waals surface area contributed by atoms with Gasteiger partial charge < -0.3 is 0 Å². The van der Waals surface area contributed by atoms with Gasteiger partial charge in [-0.2, -0.15) is 0 Å². The maximum atomic E-state index is 5.34. The molecule has 2 heterocycles. The summed E-state index contributed by atoms with van der Waals surface area (Å²) in [5, 5.41) is 10.3. The van der Waals surface area contributed by atoms with Gasteiger partial charge >= 0.3 is 0 Å². The molecule has 0 aliphatic carbocycles. The number of aromatic nitrogens is 4. The standard InChI is InChI=1S/C52H32N4/c1-4-18-33(19-5-1)49-44-32-43(36-24-10-11-25-37(36)47(44)42-30-16-17-31-45(42)53-49)46-38-26-12-14-28-40(38)48(41-29-15-13-27-39(41)46)52-55-50(34-20-6-2-7-21-34)54-51(56-52)35-22-8-3-9-23-35/h1-32H. The van der Waals surface area contributed by atoms with Gasteiger partial charge in [-0.25, -0.2) is 19.9 Å². The SMILES string of the molecule is c1ccc(-c2nc(-c3ccccc3)nc(-c3c4ccccc4c(-c4cc5c(-c6ccccc6)nc6ccccc6c5c5ccccc45)c4ccccc34)n2)cc1. The van der Waals surface area contributed by atoms with Crippen molar-refractivity contribution in [1.82, 2.24) is 19.9 Å². The lowest BCUT2D eigenvalue weighted by Gasteiger charge is -2.20. The van der Waals surface area contributed by atoms with E-state index in [0.29, 0.717) is 17.5 Å². The molecule has 4 heteroatoms. The third kappa shape index (κ3) is 5.15. The van der Waals surface area contributed by atoms with E-state index in [9.17, 15) is 0 Å². The molecule has 0 saturated carbocycles. The number of hydrogen-bond donors (Lipinski definition) is 0. The fraction of sp³-hybridized carbons (Fsp3) is 0. The van der Waals surface area contributed by atoms with E-state index in [4.69, 9.17) is 19.9 Å². The van der Waals surface area contributed by atoms with Crippen LogP contribution < -0.4 is 0 Å². The third-order valence-corrected chi connectivity index (χ3v) is 10.9. The summed E-state index contributed by atoms with van der Waals surface area (Å²) in [5.74, 6) is 1.92. The Bertz CT molecular complexity index is 3170. The summed E-state index contributed by atoms with van der Waals surface area (Å²) in [6.45, 7) is 0. The predicted octanol–water partition coefficient (Wildman–Crippen LogP) is 13.4. The Labute approximate surface area is 323 Å². The summed E-state index contributed by atoms with van der Waals surface area (Å²) in [4.78, 5) is 20.8. The van der Waals surface area contributed by atoms with Crippen LogP contribution in [0.2, 0.25) is 0 Å². The number of rotatable bonds is 5. The highest BCUT2D eigenvalue weighted by Crippen LogP contribution is 2.48. The van der Waals surface area contributed by atoms with Gasteiger partial charge in [-0.1, -0.05) is 182 Å². The average Bonchev–Trinajstić information content (AvgIpc) is 3.28. The summed E-state index contributed by atoms with van der Waals surface area (Å²) in [6, 6.07) is 68.1. The van der Waals surface area contributed by atoms with Crippen LogP contribution in [0.5, 0.6) is 0 Å². The van der Waals surface area contributed by atoms with Crippen molar-refractivity contribution in [3.63, 3.8) is 0 Å². The van der Waals surface area contributed by atoms with Gasteiger partial charge in [0.1, 0.15) is 0 Å². The quantitative estimate of drug-likeness (QED) is 0.132. The Balaban J connectivity index is 1.27. The first-order valence-corrected chi connectivity index (χ1v) is 18.9. The van der Waals surface area contributed by atoms with E-state index in [0.717, 1.165) is 71.3 Å². The molecule has 0 saturated heterocycles. The second kappa shape index (κ2) is 13.1. The Morgan fingerprint density at radius 1 is 0.268 bits per heavy atom. The lowest BCUT2D eigenvalue weighted by molar-refractivity contribution is 1.08. The maximum Gasteiger partial charge on any atom is 0.165 e. The van der Waals surface area contributed by atoms with E-state index >= 15 is 0 Å². The highest BCUT2D eigenvalue weighted by Gasteiger charge is 2.23. The van der Waals surface area contributed by atoms with Gasteiger partial charge in [-0.05, 0) is 55.6 Å². The first-order valence-electron chi connectivity index (χ1n) is 18.9. The van der Waals surface area contributed by atoms with Crippen molar-refractivity contribution in [2.24, 2.45) is 0 Å². The van der Waals surface area contributed by atoms with Crippen molar-refractivity contribution in [2.75, 3.05) is 0 Å². The van der Waals surface area contributed by atoms with Gasteiger partial charge in [-0.15, -0.1) is 0 Å². The van der Waals surface area contributed by atoms with Crippen LogP contribution in [-0.4, -0.2) is 19.9 Å². The highest BCUT2D eigenvalue weighted by atomic mass is 15.0. The Morgan fingerprint density at radius 2 is 0.679 bits per heavy atom. The van der Waals surface area contributed by atoms with Crippen molar-refractivity contribution < 1.29 is 0 Å². The Morgan fingerprint density at radius 3 is 1.23 bits per heavy atom. The van der Waals surface area contributed by atoms with Gasteiger partial charge in [0, 0.05) is 38.4 Å². The molecule has 0 amide bonds. The van der Waals surface area contributed by atoms with Gasteiger partial charge in [0.2, 0.25) is 0 Å². The van der Waals surface area contributed by atoms with Gasteiger partial charge in [0.25, 0.3) is 0 Å². The largest absolute Gasteiger partial charge is 0.247 e. The van der Waals surface area contributed by atoms with Crippen LogP contribution in [0.15, 0.2) is 194 Å². The van der Waals surface area contributed by atoms with Crippen molar-refractivity contribution >= 4 is 54.0 Å². The fourth-order valence-corrected chi connectivity index (χ4v) is 8.42. The molecule has 0 N–H and O–H groups in total. The zero-order chi connectivity index (χ0) is 37.0. The van der Waals surface area contributed by atoms with E-state index in [-0.39, 0.29) is 0 Å². The van der Waals surface area contributed by atoms with Crippen LogP contribution in [-0.2, 0) is 0 Å². The molecule has 260 valence electrons. The molecule has 11 rings (SSSR count). The fourth-order valence-electron chi connectivity index (χ4n) is 8.42. The molecule has 0 radical (unpaired) electrons. The van der Waals surface area contributed by atoms with Crippen LogP contribution in [0, 0.1) is 0 Å². The van der Waals surface area contributed by atoms with Gasteiger partial charge in [0.05, 0.1) is 11.2 Å². The monoisotopic (exact) mass is 712 g/mol. The van der Waals surface area contributed by atoms with E-state index < -0.39 is 0 Å². The van der Waals surface area contributed by atoms with Crippen LogP contribution >= 0.6 is 0 Å². The van der Waals surface area contributed by atoms with Crippen molar-refractivity contribution in [3.05, 3.63) is 194 Å². The molecule has 0 aliphatic heterocycles. The van der Waals surface area contributed by atoms with Gasteiger partial charge in [-0.3, -0.25) is 0 Å². The molecule has 0 atom stereocenters. The van der Waals surface area contributed by atoms with Crippen molar-refractivity contribution in [3.8, 4) is 56.5 Å². The first kappa shape index (κ1) is 31.9. The lowest BCUT2D eigenvalue weighted by Crippen LogP contribution is -2.01. The minimum absolute atomic E-state index is 0.639. The number of hydrogen-bond acceptors (Lipinski definition) is 4. The second-order valence-electron chi connectivity index (χ2n) is 14.1. The molecule has 0 fully saturated rings. The van der Waals surface area contributed by atoms with Crippen molar-refractivity contribution in [1.29, 1.82) is 0 Å². The summed E-state index contributed by atoms with van der Waals surface area (Å²) in [6.07, 6.45) is 0. The molecular weight excluding hydrogens is 681 g/mol. The molecule has 4 nitrogen and oxygen atoms in total. The zero-order valence-electron chi connectivity index (χ0n) is 30.3. The molecule has 11 aromatic rings. The zero-order valence-corrected chi connectivity index (χ0v) is 30.3. The van der Waals surface area contributed by atoms with Crippen molar-refractivity contribution in [2.45, 2.75) is 0 Å². The number of nitrogens with zero attached hydrogens (tertiary/aromatic N) is 4. The summed E-state index contributed by atoms with van der Waals surface area (Å²) in [5.41, 5.74) is 8.25. The Hall–Kier alpha value is -7.56. The molecule has 56 heavy (non-hydrogen) atoms. The highest BCUT2D eigenvalue weighted by molar-refractivity contribution is 6.29. The lowest BCUT2D eigenvalue weighted by atomic mass is 9.84. The number of pyridine rings is 1. The van der Waals surface area contributed by atoms with E-state index in [1.165, 1.54) is 21.7 Å². The normalized spacial score (nSPS) is 11.6. The molecule has 0 aliphatic rings. The van der Waals surface area contributed by atoms with Crippen LogP contribution in [0.25, 0.3) is 111 Å². The smallest absolute Gasteiger partial charge is 0.165 e. The molecule has 0 bridgehead atoms. The topological polar surface area (TPSA) is 51.6 Å². The van der Waals surface area contributed by atoms with Gasteiger partial charge in [0.15, 0.2) is 17.5 Å². The van der Waals surface area contributed by atoms with Crippen LogP contribution in [0.1, 0.15) is 0 Å². The second-order valence-corrected chi connectivity index (χ2v) is 14.1. The minimum atomic E-state index is 0.639. The van der Waals surface area contributed by atoms with Crippen LogP contribution in [0.3, 0.4) is 0 Å². The number of benzene rings is 9. The third-order valence-electron chi connectivity index (χ3n) is 10.9. The molecule has 0 spiro atoms. The molecule has 9 aromatic carbocycles. The molecular formula is C52H32N4. The van der Waals surface area contributed by atoms with E-state index in [2.05, 4.69) is 158 Å². The number of fused-ring (bicyclic) bond motifs is 7. The van der Waals surface area contributed by atoms with Crippen LogP contribution in [0.4, 0.5) is 0 Å². The van der Waals surface area contributed by atoms with E-state index in [1.807, 2.05) is 36.4 Å². The molecule has 0 unspecified atom stereocenters. The average molecular weight is 713 g/mol. The summed E-state index contributed by atoms with van der Waals surface area (Å²) < 4.78 is 0.